The monoisotopic (exact) mass is 392 g/mol. The molecule has 0 spiro atoms. The quantitative estimate of drug-likeness (QED) is 0.621. The summed E-state index contributed by atoms with van der Waals surface area (Å²) in [6, 6.07) is 17.3. The molecular formula is C22H24N4O3. The van der Waals surface area contributed by atoms with E-state index in [-0.39, 0.29) is 5.75 Å². The van der Waals surface area contributed by atoms with Gasteiger partial charge >= 0.3 is 5.97 Å². The third kappa shape index (κ3) is 5.22. The van der Waals surface area contributed by atoms with Gasteiger partial charge < -0.3 is 20.8 Å². The van der Waals surface area contributed by atoms with Gasteiger partial charge in [-0.2, -0.15) is 0 Å². The number of carbonyl (C=O) groups is 1. The van der Waals surface area contributed by atoms with Crippen molar-refractivity contribution in [3.05, 3.63) is 66.2 Å². The van der Waals surface area contributed by atoms with E-state index >= 15 is 0 Å². The van der Waals surface area contributed by atoms with Gasteiger partial charge in [-0.05, 0) is 49.6 Å². The van der Waals surface area contributed by atoms with Crippen LogP contribution in [0.5, 0.6) is 5.75 Å². The van der Waals surface area contributed by atoms with Crippen LogP contribution in [-0.4, -0.2) is 39.5 Å². The molecule has 0 bridgehead atoms. The van der Waals surface area contributed by atoms with Gasteiger partial charge in [-0.25, -0.2) is 4.79 Å². The van der Waals surface area contributed by atoms with Gasteiger partial charge in [-0.15, -0.1) is 10.2 Å². The van der Waals surface area contributed by atoms with Crippen LogP contribution in [0.15, 0.2) is 60.7 Å². The van der Waals surface area contributed by atoms with Crippen molar-refractivity contribution in [2.75, 3.05) is 23.7 Å². The minimum absolute atomic E-state index is 0.205. The summed E-state index contributed by atoms with van der Waals surface area (Å²) >= 11 is 0. The molecule has 2 heterocycles. The Labute approximate surface area is 169 Å². The van der Waals surface area contributed by atoms with Crippen molar-refractivity contribution in [1.29, 1.82) is 0 Å². The molecule has 0 radical (unpaired) electrons. The van der Waals surface area contributed by atoms with Crippen molar-refractivity contribution < 1.29 is 15.0 Å². The Bertz CT molecular complexity index is 957. The van der Waals surface area contributed by atoms with Gasteiger partial charge in [0.2, 0.25) is 0 Å². The molecule has 4 rings (SSSR count). The lowest BCUT2D eigenvalue weighted by atomic mass is 10.1. The van der Waals surface area contributed by atoms with Crippen LogP contribution < -0.4 is 10.6 Å². The molecule has 0 saturated carbocycles. The lowest BCUT2D eigenvalue weighted by molar-refractivity contribution is 0.0697. The molecule has 1 aromatic heterocycles. The first-order valence-electron chi connectivity index (χ1n) is 9.51. The molecule has 4 N–H and O–H groups in total. The number of para-hydroxylation sites is 1. The van der Waals surface area contributed by atoms with Crippen LogP contribution in [-0.2, 0) is 0 Å². The number of anilines is 2. The van der Waals surface area contributed by atoms with Crippen molar-refractivity contribution >= 4 is 17.5 Å². The van der Waals surface area contributed by atoms with Gasteiger partial charge in [0.15, 0.2) is 5.82 Å². The van der Waals surface area contributed by atoms with E-state index in [1.807, 2.05) is 18.2 Å². The van der Waals surface area contributed by atoms with E-state index in [9.17, 15) is 9.90 Å². The summed E-state index contributed by atoms with van der Waals surface area (Å²) < 4.78 is 0. The molecule has 7 heteroatoms. The molecule has 29 heavy (non-hydrogen) atoms. The fourth-order valence-electron chi connectivity index (χ4n) is 3.18. The highest BCUT2D eigenvalue weighted by molar-refractivity contribution is 5.87. The van der Waals surface area contributed by atoms with Gasteiger partial charge in [0, 0.05) is 18.7 Å². The van der Waals surface area contributed by atoms with E-state index in [0.29, 0.717) is 22.6 Å². The third-order valence-electron chi connectivity index (χ3n) is 4.70. The Morgan fingerprint density at radius 3 is 2.21 bits per heavy atom. The predicted molar refractivity (Wildman–Crippen MR) is 113 cm³/mol. The summed E-state index contributed by atoms with van der Waals surface area (Å²) in [5.41, 5.74) is 8.53. The Morgan fingerprint density at radius 2 is 1.59 bits per heavy atom. The fourth-order valence-corrected chi connectivity index (χ4v) is 3.18. The molecule has 2 aromatic carbocycles. The fraction of sp³-hybridized carbons (Fsp3) is 0.227. The lowest BCUT2D eigenvalue weighted by Crippen LogP contribution is -2.30. The SMILES string of the molecule is Nc1nnc(-c2ccccc2O)cc1N1CCCCC1.O=C(O)c1ccccc1. The largest absolute Gasteiger partial charge is 0.507 e. The average Bonchev–Trinajstić information content (AvgIpc) is 2.76. The molecule has 0 unspecified atom stereocenters. The highest BCUT2D eigenvalue weighted by Gasteiger charge is 2.16. The molecule has 0 atom stereocenters. The minimum atomic E-state index is -0.879. The number of hydrogen-bond donors (Lipinski definition) is 3. The highest BCUT2D eigenvalue weighted by atomic mass is 16.4. The first-order valence-corrected chi connectivity index (χ1v) is 9.51. The Kier molecular flexibility index (Phi) is 6.63. The molecule has 1 fully saturated rings. The maximum Gasteiger partial charge on any atom is 0.335 e. The molecule has 1 aliphatic heterocycles. The Morgan fingerprint density at radius 1 is 0.931 bits per heavy atom. The summed E-state index contributed by atoms with van der Waals surface area (Å²) in [6.45, 7) is 1.99. The third-order valence-corrected chi connectivity index (χ3v) is 4.70. The van der Waals surface area contributed by atoms with E-state index in [0.717, 1.165) is 18.8 Å². The maximum absolute atomic E-state index is 10.2. The van der Waals surface area contributed by atoms with Crippen molar-refractivity contribution in [2.45, 2.75) is 19.3 Å². The molecule has 1 saturated heterocycles. The summed E-state index contributed by atoms with van der Waals surface area (Å²) in [5, 5.41) is 26.5. The van der Waals surface area contributed by atoms with Crippen LogP contribution in [0.3, 0.4) is 0 Å². The number of benzene rings is 2. The number of carboxylic acids is 1. The first kappa shape index (κ1) is 20.1. The van der Waals surface area contributed by atoms with E-state index in [1.165, 1.54) is 19.3 Å². The normalized spacial score (nSPS) is 13.3. The van der Waals surface area contributed by atoms with Crippen LogP contribution >= 0.6 is 0 Å². The van der Waals surface area contributed by atoms with E-state index < -0.39 is 5.97 Å². The average molecular weight is 392 g/mol. The van der Waals surface area contributed by atoms with Crippen LogP contribution in [0, 0.1) is 0 Å². The number of nitrogen functional groups attached to an aromatic ring is 1. The zero-order chi connectivity index (χ0) is 20.6. The summed E-state index contributed by atoms with van der Waals surface area (Å²) in [4.78, 5) is 12.4. The lowest BCUT2D eigenvalue weighted by Gasteiger charge is -2.29. The minimum Gasteiger partial charge on any atom is -0.507 e. The standard InChI is InChI=1S/C15H18N4O.C7H6O2/c16-15-13(19-8-4-1-5-9-19)10-12(17-18-15)11-6-2-3-7-14(11)20;8-7(9)6-4-2-1-3-5-6/h2-3,6-7,10,20H,1,4-5,8-9H2,(H2,16,18);1-5H,(H,8,9). The first-order chi connectivity index (χ1) is 14.1. The number of aromatic carboxylic acids is 1. The zero-order valence-corrected chi connectivity index (χ0v) is 16.0. The molecule has 0 aliphatic carbocycles. The van der Waals surface area contributed by atoms with Gasteiger partial charge in [0.05, 0.1) is 16.9 Å². The van der Waals surface area contributed by atoms with Crippen LogP contribution in [0.1, 0.15) is 29.6 Å². The highest BCUT2D eigenvalue weighted by Crippen LogP contribution is 2.32. The summed E-state index contributed by atoms with van der Waals surface area (Å²) in [6.07, 6.45) is 3.61. The van der Waals surface area contributed by atoms with E-state index in [4.69, 9.17) is 10.8 Å². The number of aromatic nitrogens is 2. The van der Waals surface area contributed by atoms with E-state index in [2.05, 4.69) is 15.1 Å². The molecule has 1 aliphatic rings. The van der Waals surface area contributed by atoms with E-state index in [1.54, 1.807) is 42.5 Å². The van der Waals surface area contributed by atoms with Gasteiger partial charge in [-0.3, -0.25) is 0 Å². The summed E-state index contributed by atoms with van der Waals surface area (Å²) in [5.74, 6) is -0.224. The Hall–Kier alpha value is -3.61. The number of piperidine rings is 1. The molecule has 3 aromatic rings. The van der Waals surface area contributed by atoms with Gasteiger partial charge in [0.1, 0.15) is 5.75 Å². The van der Waals surface area contributed by atoms with Crippen molar-refractivity contribution in [2.24, 2.45) is 0 Å². The second kappa shape index (κ2) is 9.54. The van der Waals surface area contributed by atoms with Gasteiger partial charge in [0.25, 0.3) is 0 Å². The number of phenols is 1. The topological polar surface area (TPSA) is 113 Å². The number of nitrogens with two attached hydrogens (primary N) is 1. The van der Waals surface area contributed by atoms with Crippen LogP contribution in [0.2, 0.25) is 0 Å². The number of nitrogens with zero attached hydrogens (tertiary/aromatic N) is 3. The number of carboxylic acid groups (broad SMARTS) is 1. The van der Waals surface area contributed by atoms with Crippen LogP contribution in [0.4, 0.5) is 11.5 Å². The van der Waals surface area contributed by atoms with Crippen molar-refractivity contribution in [3.63, 3.8) is 0 Å². The molecule has 150 valence electrons. The smallest absolute Gasteiger partial charge is 0.335 e. The maximum atomic E-state index is 10.2. The van der Waals surface area contributed by atoms with Crippen molar-refractivity contribution in [1.82, 2.24) is 10.2 Å². The van der Waals surface area contributed by atoms with Crippen LogP contribution in [0.25, 0.3) is 11.3 Å². The predicted octanol–water partition coefficient (Wildman–Crippen LogP) is 3.81. The van der Waals surface area contributed by atoms with Gasteiger partial charge in [-0.1, -0.05) is 30.3 Å². The zero-order valence-electron chi connectivity index (χ0n) is 16.0. The second-order valence-electron chi connectivity index (χ2n) is 6.74. The van der Waals surface area contributed by atoms with Crippen molar-refractivity contribution in [3.8, 4) is 17.0 Å². The number of aromatic hydroxyl groups is 1. The summed E-state index contributed by atoms with van der Waals surface area (Å²) in [7, 11) is 0. The molecule has 0 amide bonds. The molecular weight excluding hydrogens is 368 g/mol. The number of phenolic OH excluding ortho intramolecular Hbond substituents is 1. The Balaban J connectivity index is 0.000000224. The molecule has 7 nitrogen and oxygen atoms in total. The number of hydrogen-bond acceptors (Lipinski definition) is 6. The number of rotatable bonds is 3. The second-order valence-corrected chi connectivity index (χ2v) is 6.74.